The normalized spacial score (nSPS) is 12.1. The molecule has 1 aromatic heterocycles. The molecule has 0 aliphatic rings. The Kier molecular flexibility index (Phi) is 4.95. The number of aliphatic hydroxyl groups is 1. The Morgan fingerprint density at radius 2 is 2.18 bits per heavy atom. The number of hydrogen-bond donors (Lipinski definition) is 5. The van der Waals surface area contributed by atoms with Crippen LogP contribution in [-0.2, 0) is 11.2 Å². The molecule has 8 heteroatoms. The molecule has 118 valence electrons. The van der Waals surface area contributed by atoms with Crippen LogP contribution in [0.25, 0.3) is 10.9 Å². The summed E-state index contributed by atoms with van der Waals surface area (Å²) in [6.07, 6.45) is 2.23. The molecule has 0 saturated carbocycles. The van der Waals surface area contributed by atoms with E-state index < -0.39 is 24.6 Å². The molecule has 7 nitrogen and oxygen atoms in total. The summed E-state index contributed by atoms with van der Waals surface area (Å²) in [5.74, 6) is -0.865. The lowest BCUT2D eigenvalue weighted by molar-refractivity contribution is -0.123. The molecule has 2 rings (SSSR count). The minimum atomic E-state index is -1.09. The molecule has 22 heavy (non-hydrogen) atoms. The van der Waals surface area contributed by atoms with Crippen molar-refractivity contribution < 1.29 is 19.1 Å². The van der Waals surface area contributed by atoms with Crippen LogP contribution in [0.1, 0.15) is 5.56 Å². The molecular formula is C14H17FN4O3. The van der Waals surface area contributed by atoms with Crippen LogP contribution in [0.15, 0.2) is 24.4 Å². The van der Waals surface area contributed by atoms with Crippen LogP contribution in [0, 0.1) is 5.82 Å². The van der Waals surface area contributed by atoms with Gasteiger partial charge in [0.1, 0.15) is 11.9 Å². The number of halogens is 1. The van der Waals surface area contributed by atoms with E-state index in [2.05, 4.69) is 15.6 Å². The number of carbonyl (C=O) groups excluding carboxylic acids is 2. The van der Waals surface area contributed by atoms with Gasteiger partial charge in [0.2, 0.25) is 5.91 Å². The van der Waals surface area contributed by atoms with Gasteiger partial charge in [0.05, 0.1) is 6.61 Å². The Balaban J connectivity index is 1.93. The summed E-state index contributed by atoms with van der Waals surface area (Å²) in [6, 6.07) is 2.46. The van der Waals surface area contributed by atoms with E-state index in [1.807, 2.05) is 0 Å². The Morgan fingerprint density at radius 3 is 2.86 bits per heavy atom. The fraction of sp³-hybridized carbons (Fsp3) is 0.286. The number of rotatable bonds is 6. The monoisotopic (exact) mass is 308 g/mol. The minimum absolute atomic E-state index is 0.277. The predicted octanol–water partition coefficient (Wildman–Crippen LogP) is -0.00510. The van der Waals surface area contributed by atoms with Gasteiger partial charge >= 0.3 is 6.03 Å². The average molecular weight is 308 g/mol. The molecule has 1 heterocycles. The lowest BCUT2D eigenvalue weighted by Crippen LogP contribution is -2.50. The molecule has 0 aliphatic heterocycles. The standard InChI is InChI=1S/C14H17FN4O3/c15-9-1-2-11-10(5-9)8(6-18-11)3-4-17-13(21)12(7-20)19-14(16)22/h1-2,5-6,12,18,20H,3-4,7H2,(H,17,21)(H3,16,19,22). The Morgan fingerprint density at radius 1 is 1.41 bits per heavy atom. The van der Waals surface area contributed by atoms with Gasteiger partial charge in [-0.25, -0.2) is 9.18 Å². The van der Waals surface area contributed by atoms with E-state index in [1.165, 1.54) is 12.1 Å². The van der Waals surface area contributed by atoms with Crippen molar-refractivity contribution in [2.75, 3.05) is 13.2 Å². The lowest BCUT2D eigenvalue weighted by Gasteiger charge is -2.14. The quantitative estimate of drug-likeness (QED) is 0.516. The van der Waals surface area contributed by atoms with Gasteiger partial charge in [-0.05, 0) is 30.2 Å². The summed E-state index contributed by atoms with van der Waals surface area (Å²) >= 11 is 0. The van der Waals surface area contributed by atoms with Crippen LogP contribution in [0.2, 0.25) is 0 Å². The largest absolute Gasteiger partial charge is 0.394 e. The van der Waals surface area contributed by atoms with Crippen molar-refractivity contribution in [3.05, 3.63) is 35.8 Å². The van der Waals surface area contributed by atoms with Crippen molar-refractivity contribution >= 4 is 22.8 Å². The van der Waals surface area contributed by atoms with E-state index in [4.69, 9.17) is 10.8 Å². The molecule has 6 N–H and O–H groups in total. The maximum Gasteiger partial charge on any atom is 0.312 e. The first-order chi connectivity index (χ1) is 10.5. The summed E-state index contributed by atoms with van der Waals surface area (Å²) in [7, 11) is 0. The molecule has 0 fully saturated rings. The molecule has 0 radical (unpaired) electrons. The molecule has 1 aromatic carbocycles. The highest BCUT2D eigenvalue weighted by Crippen LogP contribution is 2.19. The molecule has 1 unspecified atom stereocenters. The Bertz CT molecular complexity index is 686. The van der Waals surface area contributed by atoms with Crippen LogP contribution in [-0.4, -0.2) is 41.2 Å². The summed E-state index contributed by atoms with van der Waals surface area (Å²) < 4.78 is 13.3. The zero-order chi connectivity index (χ0) is 16.1. The van der Waals surface area contributed by atoms with Gasteiger partial charge in [0, 0.05) is 23.6 Å². The SMILES string of the molecule is NC(=O)NC(CO)C(=O)NCCc1c[nH]c2ccc(F)cc12. The van der Waals surface area contributed by atoms with E-state index >= 15 is 0 Å². The number of amides is 3. The van der Waals surface area contributed by atoms with Gasteiger partial charge in [-0.1, -0.05) is 0 Å². The van der Waals surface area contributed by atoms with Crippen molar-refractivity contribution in [2.45, 2.75) is 12.5 Å². The topological polar surface area (TPSA) is 120 Å². The zero-order valence-corrected chi connectivity index (χ0v) is 11.7. The highest BCUT2D eigenvalue weighted by molar-refractivity contribution is 5.87. The number of benzene rings is 1. The number of primary amides is 1. The van der Waals surface area contributed by atoms with Crippen molar-refractivity contribution in [3.8, 4) is 0 Å². The second-order valence-corrected chi connectivity index (χ2v) is 4.79. The maximum absolute atomic E-state index is 13.3. The number of urea groups is 1. The minimum Gasteiger partial charge on any atom is -0.394 e. The third-order valence-electron chi connectivity index (χ3n) is 3.24. The highest BCUT2D eigenvalue weighted by Gasteiger charge is 2.18. The Hall–Kier alpha value is -2.61. The molecular weight excluding hydrogens is 291 g/mol. The van der Waals surface area contributed by atoms with Crippen LogP contribution in [0.5, 0.6) is 0 Å². The number of aromatic amines is 1. The van der Waals surface area contributed by atoms with Crippen LogP contribution < -0.4 is 16.4 Å². The Labute approximate surface area is 125 Å². The van der Waals surface area contributed by atoms with Crippen LogP contribution >= 0.6 is 0 Å². The fourth-order valence-electron chi connectivity index (χ4n) is 2.17. The first kappa shape index (κ1) is 15.8. The van der Waals surface area contributed by atoms with E-state index in [1.54, 1.807) is 12.3 Å². The number of hydrogen-bond acceptors (Lipinski definition) is 3. The number of nitrogens with one attached hydrogen (secondary N) is 3. The van der Waals surface area contributed by atoms with Gasteiger partial charge in [-0.2, -0.15) is 0 Å². The summed E-state index contributed by atoms with van der Waals surface area (Å²) in [4.78, 5) is 25.5. The number of fused-ring (bicyclic) bond motifs is 1. The van der Waals surface area contributed by atoms with Gasteiger partial charge in [0.25, 0.3) is 0 Å². The smallest absolute Gasteiger partial charge is 0.312 e. The number of carbonyl (C=O) groups is 2. The summed E-state index contributed by atoms with van der Waals surface area (Å²) in [5.41, 5.74) is 6.58. The number of nitrogens with two attached hydrogens (primary N) is 1. The second kappa shape index (κ2) is 6.90. The van der Waals surface area contributed by atoms with Gasteiger partial charge in [-0.3, -0.25) is 4.79 Å². The third kappa shape index (κ3) is 3.73. The van der Waals surface area contributed by atoms with Crippen molar-refractivity contribution in [3.63, 3.8) is 0 Å². The van der Waals surface area contributed by atoms with Crippen molar-refractivity contribution in [1.29, 1.82) is 0 Å². The lowest BCUT2D eigenvalue weighted by atomic mass is 10.1. The number of aliphatic hydroxyl groups excluding tert-OH is 1. The van der Waals surface area contributed by atoms with E-state index in [-0.39, 0.29) is 12.4 Å². The molecule has 3 amide bonds. The second-order valence-electron chi connectivity index (χ2n) is 4.79. The van der Waals surface area contributed by atoms with Crippen molar-refractivity contribution in [2.24, 2.45) is 5.73 Å². The third-order valence-corrected chi connectivity index (χ3v) is 3.24. The first-order valence-electron chi connectivity index (χ1n) is 6.71. The van der Waals surface area contributed by atoms with E-state index in [0.29, 0.717) is 6.42 Å². The molecule has 0 aliphatic carbocycles. The van der Waals surface area contributed by atoms with Crippen LogP contribution in [0.4, 0.5) is 9.18 Å². The maximum atomic E-state index is 13.3. The molecule has 0 bridgehead atoms. The number of aromatic nitrogens is 1. The van der Waals surface area contributed by atoms with Gasteiger partial charge < -0.3 is 26.5 Å². The molecule has 0 spiro atoms. The molecule has 0 saturated heterocycles. The average Bonchev–Trinajstić information content (AvgIpc) is 2.87. The van der Waals surface area contributed by atoms with Gasteiger partial charge in [-0.15, -0.1) is 0 Å². The van der Waals surface area contributed by atoms with E-state index in [0.717, 1.165) is 16.5 Å². The fourth-order valence-corrected chi connectivity index (χ4v) is 2.17. The number of H-pyrrole nitrogens is 1. The van der Waals surface area contributed by atoms with E-state index in [9.17, 15) is 14.0 Å². The predicted molar refractivity (Wildman–Crippen MR) is 78.6 cm³/mol. The van der Waals surface area contributed by atoms with Crippen LogP contribution in [0.3, 0.4) is 0 Å². The zero-order valence-electron chi connectivity index (χ0n) is 11.7. The first-order valence-corrected chi connectivity index (χ1v) is 6.71. The molecule has 1 atom stereocenters. The molecule has 2 aromatic rings. The highest BCUT2D eigenvalue weighted by atomic mass is 19.1. The summed E-state index contributed by atoms with van der Waals surface area (Å²) in [6.45, 7) is -0.272. The van der Waals surface area contributed by atoms with Crippen molar-refractivity contribution in [1.82, 2.24) is 15.6 Å². The summed E-state index contributed by atoms with van der Waals surface area (Å²) in [5, 5.41) is 14.5. The van der Waals surface area contributed by atoms with Gasteiger partial charge in [0.15, 0.2) is 0 Å².